The van der Waals surface area contributed by atoms with E-state index >= 15 is 0 Å². The molecule has 47 heavy (non-hydrogen) atoms. The van der Waals surface area contributed by atoms with Crippen molar-refractivity contribution in [3.05, 3.63) is 151 Å². The second-order valence-electron chi connectivity index (χ2n) is 12.6. The fourth-order valence-corrected chi connectivity index (χ4v) is 6.94. The van der Waals surface area contributed by atoms with Gasteiger partial charge >= 0.3 is 0 Å². The zero-order chi connectivity index (χ0) is 31.5. The van der Waals surface area contributed by atoms with Gasteiger partial charge < -0.3 is 0 Å². The van der Waals surface area contributed by atoms with E-state index in [0.29, 0.717) is 23.3 Å². The average molecular weight is 604 g/mol. The SMILES string of the molecule is CC1(C)c2ccccc2-c2cnc(-c3ccc(-c4nc(-c5cccc6ccccc56)nc(-c5cccc6ccccc56)n4)cc3)nc21. The zero-order valence-corrected chi connectivity index (χ0v) is 26.0. The van der Waals surface area contributed by atoms with E-state index in [1.807, 2.05) is 6.20 Å². The lowest BCUT2D eigenvalue weighted by atomic mass is 9.85. The van der Waals surface area contributed by atoms with E-state index in [-0.39, 0.29) is 5.41 Å². The van der Waals surface area contributed by atoms with Crippen LogP contribution in [0.5, 0.6) is 0 Å². The van der Waals surface area contributed by atoms with Crippen LogP contribution in [0, 0.1) is 0 Å². The van der Waals surface area contributed by atoms with Gasteiger partial charge in [-0.2, -0.15) is 0 Å². The quantitative estimate of drug-likeness (QED) is 0.200. The zero-order valence-electron chi connectivity index (χ0n) is 26.0. The number of benzene rings is 6. The summed E-state index contributed by atoms with van der Waals surface area (Å²) in [4.78, 5) is 25.1. The van der Waals surface area contributed by atoms with Crippen LogP contribution in [0.3, 0.4) is 0 Å². The van der Waals surface area contributed by atoms with Gasteiger partial charge in [-0.3, -0.25) is 0 Å². The second kappa shape index (κ2) is 10.5. The minimum absolute atomic E-state index is 0.190. The fraction of sp³-hybridized carbons (Fsp3) is 0.0714. The van der Waals surface area contributed by atoms with E-state index in [2.05, 4.69) is 147 Å². The van der Waals surface area contributed by atoms with Crippen LogP contribution in [0.4, 0.5) is 0 Å². The minimum atomic E-state index is -0.190. The maximum atomic E-state index is 5.11. The third kappa shape index (κ3) is 4.43. The Balaban J connectivity index is 1.17. The first-order valence-electron chi connectivity index (χ1n) is 15.9. The van der Waals surface area contributed by atoms with Crippen molar-refractivity contribution in [3.8, 4) is 56.7 Å². The van der Waals surface area contributed by atoms with Crippen molar-refractivity contribution in [1.29, 1.82) is 0 Å². The molecule has 2 heterocycles. The van der Waals surface area contributed by atoms with Gasteiger partial charge in [0.15, 0.2) is 23.3 Å². The van der Waals surface area contributed by atoms with E-state index < -0.39 is 0 Å². The molecule has 0 bridgehead atoms. The summed E-state index contributed by atoms with van der Waals surface area (Å²) in [7, 11) is 0. The molecule has 0 fully saturated rings. The molecule has 2 aromatic heterocycles. The summed E-state index contributed by atoms with van der Waals surface area (Å²) in [5.74, 6) is 2.61. The number of fused-ring (bicyclic) bond motifs is 5. The number of hydrogen-bond acceptors (Lipinski definition) is 5. The molecule has 0 amide bonds. The lowest BCUT2D eigenvalue weighted by Crippen LogP contribution is -2.17. The Morgan fingerprint density at radius 3 is 1.53 bits per heavy atom. The molecule has 8 aromatic rings. The molecule has 0 saturated carbocycles. The third-order valence-electron chi connectivity index (χ3n) is 9.37. The summed E-state index contributed by atoms with van der Waals surface area (Å²) in [6.07, 6.45) is 1.97. The van der Waals surface area contributed by atoms with E-state index in [4.69, 9.17) is 24.9 Å². The molecule has 9 rings (SSSR count). The number of aromatic nitrogens is 5. The van der Waals surface area contributed by atoms with Gasteiger partial charge in [-0.05, 0) is 32.7 Å². The van der Waals surface area contributed by atoms with Gasteiger partial charge in [0.05, 0.1) is 5.69 Å². The van der Waals surface area contributed by atoms with Gasteiger partial charge in [0.25, 0.3) is 0 Å². The van der Waals surface area contributed by atoms with Crippen molar-refractivity contribution < 1.29 is 0 Å². The van der Waals surface area contributed by atoms with Crippen molar-refractivity contribution in [1.82, 2.24) is 24.9 Å². The number of rotatable bonds is 4. The van der Waals surface area contributed by atoms with Gasteiger partial charge in [0, 0.05) is 39.4 Å². The minimum Gasteiger partial charge on any atom is -0.236 e. The Morgan fingerprint density at radius 1 is 0.404 bits per heavy atom. The molecule has 6 aromatic carbocycles. The molecule has 0 aliphatic heterocycles. The maximum Gasteiger partial charge on any atom is 0.164 e. The van der Waals surface area contributed by atoms with E-state index in [0.717, 1.165) is 55.1 Å². The predicted octanol–water partition coefficient (Wildman–Crippen LogP) is 9.94. The van der Waals surface area contributed by atoms with Crippen LogP contribution in [0.1, 0.15) is 25.1 Å². The van der Waals surface area contributed by atoms with E-state index in [1.165, 1.54) is 11.1 Å². The molecule has 0 unspecified atom stereocenters. The molecule has 1 aliphatic carbocycles. The molecule has 5 nitrogen and oxygen atoms in total. The fourth-order valence-electron chi connectivity index (χ4n) is 6.94. The summed E-state index contributed by atoms with van der Waals surface area (Å²) in [6.45, 7) is 4.47. The van der Waals surface area contributed by atoms with Gasteiger partial charge in [-0.25, -0.2) is 24.9 Å². The van der Waals surface area contributed by atoms with Crippen molar-refractivity contribution in [2.24, 2.45) is 0 Å². The van der Waals surface area contributed by atoms with E-state index in [9.17, 15) is 0 Å². The van der Waals surface area contributed by atoms with Gasteiger partial charge in [-0.15, -0.1) is 0 Å². The first-order chi connectivity index (χ1) is 23.0. The van der Waals surface area contributed by atoms with Crippen molar-refractivity contribution in [2.45, 2.75) is 19.3 Å². The topological polar surface area (TPSA) is 64.5 Å². The van der Waals surface area contributed by atoms with Gasteiger partial charge in [-0.1, -0.05) is 147 Å². The van der Waals surface area contributed by atoms with Crippen molar-refractivity contribution in [3.63, 3.8) is 0 Å². The van der Waals surface area contributed by atoms with Crippen LogP contribution in [-0.4, -0.2) is 24.9 Å². The predicted molar refractivity (Wildman–Crippen MR) is 190 cm³/mol. The Morgan fingerprint density at radius 2 is 0.894 bits per heavy atom. The summed E-state index contributed by atoms with van der Waals surface area (Å²) in [5.41, 5.74) is 8.27. The van der Waals surface area contributed by atoms with Gasteiger partial charge in [0.2, 0.25) is 0 Å². The highest BCUT2D eigenvalue weighted by Gasteiger charge is 2.37. The lowest BCUT2D eigenvalue weighted by Gasteiger charge is -2.20. The monoisotopic (exact) mass is 603 g/mol. The second-order valence-corrected chi connectivity index (χ2v) is 12.6. The Hall–Kier alpha value is -6.07. The first-order valence-corrected chi connectivity index (χ1v) is 15.9. The molecular weight excluding hydrogens is 574 g/mol. The Bertz CT molecular complexity index is 2390. The highest BCUT2D eigenvalue weighted by atomic mass is 15.0. The molecule has 0 N–H and O–H groups in total. The Kier molecular flexibility index (Phi) is 6.09. The molecule has 0 radical (unpaired) electrons. The highest BCUT2D eigenvalue weighted by molar-refractivity contribution is 5.97. The van der Waals surface area contributed by atoms with Crippen LogP contribution in [0.15, 0.2) is 140 Å². The smallest absolute Gasteiger partial charge is 0.164 e. The molecule has 5 heteroatoms. The molecular formula is C42H29N5. The molecule has 0 saturated heterocycles. The van der Waals surface area contributed by atoms with Gasteiger partial charge in [0.1, 0.15) is 0 Å². The standard InChI is InChI=1S/C42H29N5/c1-42(2)36-20-8-7-17-32(36)35-25-43-38(44-37(35)42)28-21-23-29(24-22-28)39-45-40(33-18-9-13-26-11-3-5-15-30(26)33)47-41(46-39)34-19-10-14-27-12-4-6-16-31(27)34/h3-25H,1-2H3. The first kappa shape index (κ1) is 27.3. The number of hydrogen-bond donors (Lipinski definition) is 0. The lowest BCUT2D eigenvalue weighted by molar-refractivity contribution is 0.636. The highest BCUT2D eigenvalue weighted by Crippen LogP contribution is 2.47. The molecule has 0 atom stereocenters. The molecule has 222 valence electrons. The largest absolute Gasteiger partial charge is 0.236 e. The van der Waals surface area contributed by atoms with Crippen LogP contribution in [0.2, 0.25) is 0 Å². The summed E-state index contributed by atoms with van der Waals surface area (Å²) in [6, 6.07) is 46.0. The average Bonchev–Trinajstić information content (AvgIpc) is 3.36. The normalized spacial score (nSPS) is 13.1. The third-order valence-corrected chi connectivity index (χ3v) is 9.37. The van der Waals surface area contributed by atoms with Crippen LogP contribution in [-0.2, 0) is 5.41 Å². The van der Waals surface area contributed by atoms with E-state index in [1.54, 1.807) is 0 Å². The van der Waals surface area contributed by atoms with Crippen LogP contribution >= 0.6 is 0 Å². The summed E-state index contributed by atoms with van der Waals surface area (Å²) < 4.78 is 0. The van der Waals surface area contributed by atoms with Crippen molar-refractivity contribution >= 4 is 21.5 Å². The summed E-state index contributed by atoms with van der Waals surface area (Å²) in [5, 5.41) is 4.49. The number of nitrogens with zero attached hydrogens (tertiary/aromatic N) is 5. The van der Waals surface area contributed by atoms with Crippen LogP contribution < -0.4 is 0 Å². The van der Waals surface area contributed by atoms with Crippen molar-refractivity contribution in [2.75, 3.05) is 0 Å². The summed E-state index contributed by atoms with van der Waals surface area (Å²) >= 11 is 0. The Labute approximate surface area is 272 Å². The molecule has 0 spiro atoms. The molecule has 1 aliphatic rings. The van der Waals surface area contributed by atoms with Crippen LogP contribution in [0.25, 0.3) is 78.2 Å². The maximum absolute atomic E-state index is 5.11.